The van der Waals surface area contributed by atoms with Crippen LogP contribution >= 0.6 is 15.6 Å². The van der Waals surface area contributed by atoms with Crippen LogP contribution in [-0.4, -0.2) is 96.7 Å². The molecule has 0 aromatic heterocycles. The second kappa shape index (κ2) is 58.8. The number of carbonyl (C=O) groups excluding carboxylic acids is 4. The topological polar surface area (TPSA) is 237 Å². The van der Waals surface area contributed by atoms with E-state index in [-0.39, 0.29) is 25.7 Å². The minimum atomic E-state index is -4.95. The van der Waals surface area contributed by atoms with Gasteiger partial charge in [0.15, 0.2) is 12.2 Å². The van der Waals surface area contributed by atoms with Gasteiger partial charge in [0.1, 0.15) is 19.3 Å². The fourth-order valence-electron chi connectivity index (χ4n) is 10.3. The number of phosphoric ester groups is 2. The molecule has 0 heterocycles. The molecule has 5 atom stereocenters. The van der Waals surface area contributed by atoms with Gasteiger partial charge in [-0.25, -0.2) is 9.13 Å². The number of ether oxygens (including phenoxy) is 4. The summed E-state index contributed by atoms with van der Waals surface area (Å²) in [6.07, 6.45) is 40.6. The minimum absolute atomic E-state index is 0.102. The van der Waals surface area contributed by atoms with Crippen LogP contribution in [0, 0.1) is 23.7 Å². The van der Waals surface area contributed by atoms with Gasteiger partial charge in [-0.15, -0.1) is 0 Å². The van der Waals surface area contributed by atoms with Crippen LogP contribution < -0.4 is 0 Å². The summed E-state index contributed by atoms with van der Waals surface area (Å²) in [4.78, 5) is 72.4. The predicted molar refractivity (Wildman–Crippen MR) is 354 cm³/mol. The third-order valence-electron chi connectivity index (χ3n) is 15.8. The number of carbonyl (C=O) groups is 4. The van der Waals surface area contributed by atoms with Crippen LogP contribution in [-0.2, 0) is 65.4 Å². The first kappa shape index (κ1) is 86.1. The molecule has 0 bridgehead atoms. The molecule has 0 aliphatic carbocycles. The standard InChI is InChI=1S/C69H134O17P2/c1-59(2)45-37-29-21-16-12-9-10-14-18-24-33-41-49-66(71)79-56-65(86-69(74)52-44-36-28-27-32-40-48-62(7)8)58-84-88(77,78)82-54-63(70)53-81-87(75,76)83-57-64(55-80-67(72)50-42-34-26-20-23-31-39-47-61(5)6)85-68(73)51-43-35-25-19-15-11-13-17-22-30-38-46-60(3)4/h59-65,70H,9-58H2,1-8H3,(H,75,76)(H,77,78)/t63?,64-,65-/m1/s1. The molecule has 3 unspecified atom stereocenters. The zero-order valence-corrected chi connectivity index (χ0v) is 59.1. The van der Waals surface area contributed by atoms with Crippen LogP contribution in [0.2, 0.25) is 0 Å². The summed E-state index contributed by atoms with van der Waals surface area (Å²) < 4.78 is 68.2. The van der Waals surface area contributed by atoms with E-state index in [1.54, 1.807) is 0 Å². The first-order valence-electron chi connectivity index (χ1n) is 35.7. The van der Waals surface area contributed by atoms with E-state index in [2.05, 4.69) is 55.4 Å². The fraction of sp³-hybridized carbons (Fsp3) is 0.942. The lowest BCUT2D eigenvalue weighted by Gasteiger charge is -2.21. The summed E-state index contributed by atoms with van der Waals surface area (Å²) in [6.45, 7) is 14.0. The molecule has 0 amide bonds. The highest BCUT2D eigenvalue weighted by Gasteiger charge is 2.30. The Morgan fingerprint density at radius 3 is 0.705 bits per heavy atom. The Balaban J connectivity index is 5.21. The maximum atomic E-state index is 13.0. The minimum Gasteiger partial charge on any atom is -0.462 e. The van der Waals surface area contributed by atoms with E-state index in [1.165, 1.54) is 135 Å². The van der Waals surface area contributed by atoms with Crippen LogP contribution in [0.1, 0.15) is 338 Å². The van der Waals surface area contributed by atoms with Crippen molar-refractivity contribution in [1.82, 2.24) is 0 Å². The van der Waals surface area contributed by atoms with E-state index in [1.807, 2.05) is 0 Å². The lowest BCUT2D eigenvalue weighted by molar-refractivity contribution is -0.161. The van der Waals surface area contributed by atoms with Crippen molar-refractivity contribution < 1.29 is 80.2 Å². The van der Waals surface area contributed by atoms with Gasteiger partial charge in [-0.2, -0.15) is 0 Å². The Morgan fingerprint density at radius 2 is 0.477 bits per heavy atom. The van der Waals surface area contributed by atoms with E-state index in [9.17, 15) is 43.2 Å². The fourth-order valence-corrected chi connectivity index (χ4v) is 11.9. The van der Waals surface area contributed by atoms with Gasteiger partial charge in [0, 0.05) is 25.7 Å². The summed E-state index contributed by atoms with van der Waals surface area (Å²) in [7, 11) is -9.90. The Bertz CT molecular complexity index is 1750. The third kappa shape index (κ3) is 62.8. The van der Waals surface area contributed by atoms with Crippen molar-refractivity contribution >= 4 is 39.5 Å². The van der Waals surface area contributed by atoms with E-state index in [0.29, 0.717) is 37.5 Å². The van der Waals surface area contributed by atoms with Crippen LogP contribution in [0.4, 0.5) is 0 Å². The van der Waals surface area contributed by atoms with E-state index < -0.39 is 97.5 Å². The van der Waals surface area contributed by atoms with E-state index in [4.69, 9.17) is 37.0 Å². The van der Waals surface area contributed by atoms with Crippen molar-refractivity contribution in [1.29, 1.82) is 0 Å². The second-order valence-electron chi connectivity index (χ2n) is 26.8. The van der Waals surface area contributed by atoms with Crippen LogP contribution in [0.3, 0.4) is 0 Å². The zero-order valence-electron chi connectivity index (χ0n) is 57.3. The number of hydrogen-bond acceptors (Lipinski definition) is 15. The van der Waals surface area contributed by atoms with E-state index >= 15 is 0 Å². The third-order valence-corrected chi connectivity index (χ3v) is 17.7. The van der Waals surface area contributed by atoms with Gasteiger partial charge < -0.3 is 33.8 Å². The predicted octanol–water partition coefficient (Wildman–Crippen LogP) is 19.3. The highest BCUT2D eigenvalue weighted by Crippen LogP contribution is 2.45. The molecule has 0 saturated carbocycles. The molecule has 3 N–H and O–H groups in total. The van der Waals surface area contributed by atoms with Gasteiger partial charge in [-0.3, -0.25) is 37.3 Å². The Labute approximate surface area is 537 Å². The average molecular weight is 1300 g/mol. The molecule has 0 aliphatic heterocycles. The molecule has 522 valence electrons. The first-order chi connectivity index (χ1) is 42.1. The Kier molecular flexibility index (Phi) is 57.6. The number of rotatable bonds is 66. The molecule has 0 radical (unpaired) electrons. The molecule has 17 nitrogen and oxygen atoms in total. The van der Waals surface area contributed by atoms with Gasteiger partial charge in [-0.05, 0) is 49.4 Å². The summed E-state index contributed by atoms with van der Waals surface area (Å²) in [6, 6.07) is 0. The molecule has 88 heavy (non-hydrogen) atoms. The highest BCUT2D eigenvalue weighted by molar-refractivity contribution is 7.47. The molecule has 0 aromatic rings. The first-order valence-corrected chi connectivity index (χ1v) is 38.7. The van der Waals surface area contributed by atoms with Crippen molar-refractivity contribution in [3.8, 4) is 0 Å². The normalized spacial score (nSPS) is 14.3. The van der Waals surface area contributed by atoms with Gasteiger partial charge in [-0.1, -0.05) is 287 Å². The van der Waals surface area contributed by atoms with Gasteiger partial charge >= 0.3 is 39.5 Å². The summed E-state index contributed by atoms with van der Waals surface area (Å²) >= 11 is 0. The number of esters is 4. The Morgan fingerprint density at radius 1 is 0.284 bits per heavy atom. The van der Waals surface area contributed by atoms with Crippen LogP contribution in [0.5, 0.6) is 0 Å². The number of phosphoric acid groups is 2. The van der Waals surface area contributed by atoms with Gasteiger partial charge in [0.05, 0.1) is 26.4 Å². The molecular weight excluding hydrogens is 1160 g/mol. The lowest BCUT2D eigenvalue weighted by Crippen LogP contribution is -2.30. The average Bonchev–Trinajstić information content (AvgIpc) is 3.50. The summed E-state index contributed by atoms with van der Waals surface area (Å²) in [5, 5.41) is 10.6. The smallest absolute Gasteiger partial charge is 0.462 e. The summed E-state index contributed by atoms with van der Waals surface area (Å²) in [5.41, 5.74) is 0. The maximum absolute atomic E-state index is 13.0. The molecular formula is C69H134O17P2. The van der Waals surface area contributed by atoms with Crippen molar-refractivity contribution in [3.63, 3.8) is 0 Å². The lowest BCUT2D eigenvalue weighted by atomic mass is 10.0. The molecule has 0 rings (SSSR count). The van der Waals surface area contributed by atoms with Crippen molar-refractivity contribution in [2.75, 3.05) is 39.6 Å². The van der Waals surface area contributed by atoms with Crippen molar-refractivity contribution in [3.05, 3.63) is 0 Å². The van der Waals surface area contributed by atoms with Gasteiger partial charge in [0.2, 0.25) is 0 Å². The SMILES string of the molecule is CC(C)CCCCCCCCCCCCCCC(=O)OC[C@H](COP(=O)(O)OCC(O)COP(=O)(O)OC[C@@H](COC(=O)CCCCCCCCCC(C)C)OC(=O)CCCCCCCCCCCCCC(C)C)OC(=O)CCCCCCCCC(C)C. The highest BCUT2D eigenvalue weighted by atomic mass is 31.2. The zero-order chi connectivity index (χ0) is 65.4. The van der Waals surface area contributed by atoms with Gasteiger partial charge in [0.25, 0.3) is 0 Å². The molecule has 19 heteroatoms. The molecule has 0 aliphatic rings. The van der Waals surface area contributed by atoms with Crippen molar-refractivity contribution in [2.24, 2.45) is 23.7 Å². The van der Waals surface area contributed by atoms with E-state index in [0.717, 1.165) is 108 Å². The molecule has 0 spiro atoms. The monoisotopic (exact) mass is 1300 g/mol. The Hall–Kier alpha value is -1.94. The number of unbranched alkanes of at least 4 members (excludes halogenated alkanes) is 32. The second-order valence-corrected chi connectivity index (χ2v) is 29.7. The number of hydrogen-bond donors (Lipinski definition) is 3. The van der Waals surface area contributed by atoms with Crippen molar-refractivity contribution in [2.45, 2.75) is 356 Å². The largest absolute Gasteiger partial charge is 0.472 e. The molecule has 0 saturated heterocycles. The number of aliphatic hydroxyl groups is 1. The van der Waals surface area contributed by atoms with Crippen LogP contribution in [0.15, 0.2) is 0 Å². The number of aliphatic hydroxyl groups excluding tert-OH is 1. The molecule has 0 aromatic carbocycles. The maximum Gasteiger partial charge on any atom is 0.472 e. The summed E-state index contributed by atoms with van der Waals surface area (Å²) in [5.74, 6) is 0.786. The van der Waals surface area contributed by atoms with Crippen LogP contribution in [0.25, 0.3) is 0 Å². The quantitative estimate of drug-likeness (QED) is 0.0222. The molecule has 0 fully saturated rings.